The smallest absolute Gasteiger partial charge is 0.347 e. The molecule has 0 saturated heterocycles. The lowest BCUT2D eigenvalue weighted by Gasteiger charge is -2.20. The van der Waals surface area contributed by atoms with E-state index in [1.54, 1.807) is 42.5 Å². The largest absolute Gasteiger partial charge is 0.441 e. The first-order valence-electron chi connectivity index (χ1n) is 5.98. The topological polar surface area (TPSA) is 52.6 Å². The first-order chi connectivity index (χ1) is 9.62. The fourth-order valence-corrected chi connectivity index (χ4v) is 2.94. The van der Waals surface area contributed by atoms with Crippen LogP contribution in [0.25, 0.3) is 0 Å². The predicted octanol–water partition coefficient (Wildman–Crippen LogP) is 3.05. The zero-order valence-corrected chi connectivity index (χ0v) is 11.6. The number of halogens is 1. The van der Waals surface area contributed by atoms with Gasteiger partial charge in [-0.1, -0.05) is 28.1 Å². The Morgan fingerprint density at radius 1 is 0.950 bits per heavy atom. The molecule has 1 spiro atoms. The van der Waals surface area contributed by atoms with Gasteiger partial charge >= 0.3 is 11.8 Å². The van der Waals surface area contributed by atoms with Gasteiger partial charge < -0.3 is 9.47 Å². The maximum Gasteiger partial charge on any atom is 0.347 e. The number of ether oxygens (including phenoxy) is 2. The highest BCUT2D eigenvalue weighted by Gasteiger charge is 2.58. The summed E-state index contributed by atoms with van der Waals surface area (Å²) in [6.07, 6.45) is 0. The van der Waals surface area contributed by atoms with Crippen LogP contribution in [0.4, 0.5) is 0 Å². The van der Waals surface area contributed by atoms with Crippen LogP contribution in [-0.4, -0.2) is 11.8 Å². The molecule has 20 heavy (non-hydrogen) atoms. The number of rotatable bonds is 0. The molecule has 0 aliphatic carbocycles. The Morgan fingerprint density at radius 2 is 1.75 bits per heavy atom. The molecular formula is C15H7BrO4. The fraction of sp³-hybridized carbons (Fsp3) is 0.0667. The molecular weight excluding hydrogens is 324 g/mol. The number of benzene rings is 2. The molecule has 2 heterocycles. The lowest BCUT2D eigenvalue weighted by atomic mass is 9.97. The van der Waals surface area contributed by atoms with E-state index in [1.807, 2.05) is 0 Å². The van der Waals surface area contributed by atoms with Crippen molar-refractivity contribution >= 4 is 27.7 Å². The minimum absolute atomic E-state index is 0.355. The van der Waals surface area contributed by atoms with Crippen LogP contribution in [0, 0.1) is 0 Å². The molecule has 0 fully saturated rings. The van der Waals surface area contributed by atoms with Gasteiger partial charge in [0.25, 0.3) is 5.78 Å². The summed E-state index contributed by atoms with van der Waals surface area (Å²) in [5.41, 5.74) is 1.24. The molecule has 0 N–H and O–H groups in total. The van der Waals surface area contributed by atoms with Crippen molar-refractivity contribution in [2.75, 3.05) is 0 Å². The number of hydrogen-bond acceptors (Lipinski definition) is 4. The summed E-state index contributed by atoms with van der Waals surface area (Å²) in [4.78, 5) is 24.6. The normalized spacial score (nSPS) is 22.4. The van der Waals surface area contributed by atoms with Gasteiger partial charge in [-0.2, -0.15) is 0 Å². The average molecular weight is 331 g/mol. The van der Waals surface area contributed by atoms with E-state index in [2.05, 4.69) is 15.9 Å². The van der Waals surface area contributed by atoms with Crippen LogP contribution in [0.5, 0.6) is 5.75 Å². The molecule has 4 rings (SSSR count). The van der Waals surface area contributed by atoms with E-state index in [-0.39, 0.29) is 5.78 Å². The van der Waals surface area contributed by atoms with Crippen molar-refractivity contribution < 1.29 is 19.1 Å². The summed E-state index contributed by atoms with van der Waals surface area (Å²) < 4.78 is 11.8. The van der Waals surface area contributed by atoms with Gasteiger partial charge in [0.2, 0.25) is 0 Å². The average Bonchev–Trinajstić information content (AvgIpc) is 2.89. The van der Waals surface area contributed by atoms with Crippen LogP contribution in [0.1, 0.15) is 26.3 Å². The van der Waals surface area contributed by atoms with Crippen molar-refractivity contribution in [1.82, 2.24) is 0 Å². The van der Waals surface area contributed by atoms with Gasteiger partial charge in [0.05, 0.1) is 16.7 Å². The second-order valence-corrected chi connectivity index (χ2v) is 5.54. The number of Topliss-reactive ketones (excluding diaryl/α,β-unsaturated/α-hetero) is 1. The minimum atomic E-state index is -1.66. The first-order valence-corrected chi connectivity index (χ1v) is 6.77. The van der Waals surface area contributed by atoms with Crippen LogP contribution >= 0.6 is 15.9 Å². The molecule has 5 heteroatoms. The standard InChI is InChI=1S/C15H7BrO4/c16-8-5-6-12-10(7-8)13(17)15(19-12)11-4-2-1-3-9(11)14(18)20-15/h1-7H. The number of hydrogen-bond donors (Lipinski definition) is 0. The first kappa shape index (κ1) is 11.7. The summed E-state index contributed by atoms with van der Waals surface area (Å²) in [7, 11) is 0. The Hall–Kier alpha value is -2.14. The second kappa shape index (κ2) is 3.70. The van der Waals surface area contributed by atoms with E-state index in [9.17, 15) is 9.59 Å². The highest BCUT2D eigenvalue weighted by molar-refractivity contribution is 9.10. The van der Waals surface area contributed by atoms with Gasteiger partial charge in [-0.15, -0.1) is 0 Å². The molecule has 0 bridgehead atoms. The zero-order chi connectivity index (χ0) is 13.9. The van der Waals surface area contributed by atoms with Crippen molar-refractivity contribution in [2.24, 2.45) is 0 Å². The number of carbonyl (C=O) groups is 2. The number of fused-ring (bicyclic) bond motifs is 3. The summed E-state index contributed by atoms with van der Waals surface area (Å²) >= 11 is 3.32. The van der Waals surface area contributed by atoms with Crippen molar-refractivity contribution in [2.45, 2.75) is 5.79 Å². The molecule has 1 atom stereocenters. The van der Waals surface area contributed by atoms with Gasteiger partial charge in [-0.05, 0) is 30.3 Å². The maximum atomic E-state index is 12.7. The molecule has 0 saturated carbocycles. The SMILES string of the molecule is O=C1OC2(Oc3ccc(Br)cc3C2=O)c2ccccc21. The van der Waals surface area contributed by atoms with Gasteiger partial charge in [-0.25, -0.2) is 4.79 Å². The minimum Gasteiger partial charge on any atom is -0.441 e. The van der Waals surface area contributed by atoms with Crippen molar-refractivity contribution in [3.05, 3.63) is 63.6 Å². The maximum absolute atomic E-state index is 12.7. The quantitative estimate of drug-likeness (QED) is 0.697. The zero-order valence-electron chi connectivity index (χ0n) is 10.1. The molecule has 4 nitrogen and oxygen atoms in total. The third-order valence-corrected chi connectivity index (χ3v) is 3.97. The number of esters is 1. The lowest BCUT2D eigenvalue weighted by molar-refractivity contribution is -0.0978. The monoisotopic (exact) mass is 330 g/mol. The Bertz CT molecular complexity index is 783. The molecule has 2 aromatic rings. The molecule has 0 amide bonds. The van der Waals surface area contributed by atoms with Gasteiger partial charge in [0.1, 0.15) is 5.75 Å². The molecule has 0 aromatic heterocycles. The summed E-state index contributed by atoms with van der Waals surface area (Å²) in [6.45, 7) is 0. The predicted molar refractivity (Wildman–Crippen MR) is 72.6 cm³/mol. The Labute approximate surface area is 122 Å². The van der Waals surface area contributed by atoms with Crippen LogP contribution in [0.15, 0.2) is 46.9 Å². The molecule has 0 radical (unpaired) electrons. The molecule has 98 valence electrons. The third-order valence-electron chi connectivity index (χ3n) is 3.48. The summed E-state index contributed by atoms with van der Waals surface area (Å²) in [5, 5.41) is 0. The van der Waals surface area contributed by atoms with E-state index in [4.69, 9.17) is 9.47 Å². The van der Waals surface area contributed by atoms with Crippen molar-refractivity contribution in [3.8, 4) is 5.75 Å². The van der Waals surface area contributed by atoms with Crippen LogP contribution in [0.3, 0.4) is 0 Å². The number of ketones is 1. The van der Waals surface area contributed by atoms with E-state index in [1.165, 1.54) is 0 Å². The summed E-state index contributed by atoms with van der Waals surface area (Å²) in [6, 6.07) is 11.9. The van der Waals surface area contributed by atoms with Gasteiger partial charge in [-0.3, -0.25) is 4.79 Å². The van der Waals surface area contributed by atoms with E-state index in [0.717, 1.165) is 4.47 Å². The molecule has 2 aliphatic rings. The Morgan fingerprint density at radius 3 is 2.60 bits per heavy atom. The highest BCUT2D eigenvalue weighted by Crippen LogP contribution is 2.47. The second-order valence-electron chi connectivity index (χ2n) is 4.62. The fourth-order valence-electron chi connectivity index (χ4n) is 2.58. The van der Waals surface area contributed by atoms with Gasteiger partial charge in [0.15, 0.2) is 0 Å². The van der Waals surface area contributed by atoms with Crippen LogP contribution < -0.4 is 4.74 Å². The van der Waals surface area contributed by atoms with E-state index in [0.29, 0.717) is 22.4 Å². The Balaban J connectivity index is 1.94. The number of carbonyl (C=O) groups excluding carboxylic acids is 2. The molecule has 1 unspecified atom stereocenters. The van der Waals surface area contributed by atoms with Crippen molar-refractivity contribution in [1.29, 1.82) is 0 Å². The molecule has 2 aliphatic heterocycles. The third kappa shape index (κ3) is 1.30. The van der Waals surface area contributed by atoms with Crippen LogP contribution in [-0.2, 0) is 10.5 Å². The van der Waals surface area contributed by atoms with Gasteiger partial charge in [0, 0.05) is 4.47 Å². The lowest BCUT2D eigenvalue weighted by Crippen LogP contribution is -2.37. The van der Waals surface area contributed by atoms with E-state index >= 15 is 0 Å². The van der Waals surface area contributed by atoms with Crippen LogP contribution in [0.2, 0.25) is 0 Å². The Kier molecular flexibility index (Phi) is 2.16. The molecule has 2 aromatic carbocycles. The van der Waals surface area contributed by atoms with E-state index < -0.39 is 11.8 Å². The highest BCUT2D eigenvalue weighted by atomic mass is 79.9. The van der Waals surface area contributed by atoms with Crippen molar-refractivity contribution in [3.63, 3.8) is 0 Å². The summed E-state index contributed by atoms with van der Waals surface area (Å²) in [5.74, 6) is -2.13.